The molecule has 0 spiro atoms. The number of rotatable bonds is 6. The van der Waals surface area contributed by atoms with Crippen molar-refractivity contribution < 1.29 is 18.0 Å². The first kappa shape index (κ1) is 22.7. The van der Waals surface area contributed by atoms with Gasteiger partial charge in [-0.15, -0.1) is 11.3 Å². The fourth-order valence-corrected chi connectivity index (χ4v) is 5.49. The van der Waals surface area contributed by atoms with E-state index in [0.29, 0.717) is 29.3 Å². The Balaban J connectivity index is 1.52. The number of aromatic nitrogens is 1. The first-order valence-electron chi connectivity index (χ1n) is 11.0. The highest BCUT2D eigenvalue weighted by atomic mass is 32.1. The van der Waals surface area contributed by atoms with E-state index in [9.17, 15) is 18.0 Å². The van der Waals surface area contributed by atoms with E-state index < -0.39 is 11.7 Å². The van der Waals surface area contributed by atoms with E-state index in [1.165, 1.54) is 34.6 Å². The van der Waals surface area contributed by atoms with Crippen LogP contribution < -0.4 is 0 Å². The quantitative estimate of drug-likeness (QED) is 0.353. The van der Waals surface area contributed by atoms with Gasteiger partial charge in [0.05, 0.1) is 11.3 Å². The van der Waals surface area contributed by atoms with Crippen molar-refractivity contribution >= 4 is 17.1 Å². The normalized spacial score (nSPS) is 15.9. The van der Waals surface area contributed by atoms with Crippen LogP contribution in [0.4, 0.5) is 13.2 Å². The fraction of sp³-hybridized carbons (Fsp3) is 0.385. The maximum absolute atomic E-state index is 12.9. The Hall–Kier alpha value is -2.47. The zero-order chi connectivity index (χ0) is 23.0. The maximum atomic E-state index is 12.9. The second-order valence-electron chi connectivity index (χ2n) is 8.83. The van der Waals surface area contributed by atoms with E-state index in [4.69, 9.17) is 4.98 Å². The lowest BCUT2D eigenvalue weighted by atomic mass is 9.97. The van der Waals surface area contributed by atoms with Gasteiger partial charge in [-0.25, -0.2) is 4.98 Å². The summed E-state index contributed by atoms with van der Waals surface area (Å²) in [6.07, 6.45) is -1.17. The average Bonchev–Trinajstić information content (AvgIpc) is 3.35. The van der Waals surface area contributed by atoms with E-state index in [-0.39, 0.29) is 11.7 Å². The topological polar surface area (TPSA) is 30.0 Å². The molecule has 1 unspecified atom stereocenters. The van der Waals surface area contributed by atoms with Crippen molar-refractivity contribution in [1.82, 2.24) is 4.98 Å². The molecule has 0 N–H and O–H groups in total. The second-order valence-corrected chi connectivity index (χ2v) is 9.92. The molecule has 0 amide bonds. The molecule has 4 rings (SSSR count). The van der Waals surface area contributed by atoms with E-state index in [2.05, 4.69) is 19.1 Å². The summed E-state index contributed by atoms with van der Waals surface area (Å²) in [7, 11) is 0. The second kappa shape index (κ2) is 8.81. The van der Waals surface area contributed by atoms with Crippen molar-refractivity contribution in [2.24, 2.45) is 0 Å². The van der Waals surface area contributed by atoms with Crippen molar-refractivity contribution in [1.29, 1.82) is 0 Å². The number of aryl methyl sites for hydroxylation is 2. The van der Waals surface area contributed by atoms with Gasteiger partial charge in [0.25, 0.3) is 0 Å². The highest BCUT2D eigenvalue weighted by Gasteiger charge is 2.30. The number of ketones is 1. The van der Waals surface area contributed by atoms with Crippen molar-refractivity contribution in [3.63, 3.8) is 0 Å². The molecule has 0 radical (unpaired) electrons. The first-order chi connectivity index (χ1) is 15.1. The van der Waals surface area contributed by atoms with Crippen LogP contribution in [-0.2, 0) is 19.0 Å². The largest absolute Gasteiger partial charge is 0.416 e. The molecular weight excluding hydrogens is 431 g/mol. The number of Topliss-reactive ketones (excluding diaryl/α,β-unsaturated/α-hetero) is 1. The summed E-state index contributed by atoms with van der Waals surface area (Å²) in [6.45, 7) is 6.28. The SMILES string of the molecule is CC(C)c1nc(-c2ccc(C(F)(F)F)cc2)sc1CCC(=O)c1ccc2c(c1)C(C)CC2. The minimum Gasteiger partial charge on any atom is -0.294 e. The van der Waals surface area contributed by atoms with Gasteiger partial charge in [0.15, 0.2) is 5.78 Å². The number of nitrogens with zero attached hydrogens (tertiary/aromatic N) is 1. The van der Waals surface area contributed by atoms with Gasteiger partial charge < -0.3 is 0 Å². The summed E-state index contributed by atoms with van der Waals surface area (Å²) in [5, 5.41) is 0.691. The van der Waals surface area contributed by atoms with Gasteiger partial charge in [-0.1, -0.05) is 45.0 Å². The van der Waals surface area contributed by atoms with Crippen molar-refractivity contribution in [2.45, 2.75) is 64.5 Å². The number of halogens is 3. The molecule has 1 heterocycles. The maximum Gasteiger partial charge on any atom is 0.416 e. The van der Waals surface area contributed by atoms with Crippen LogP contribution in [0.1, 0.15) is 83.1 Å². The summed E-state index contributed by atoms with van der Waals surface area (Å²) < 4.78 is 38.6. The fourth-order valence-electron chi connectivity index (χ4n) is 4.27. The van der Waals surface area contributed by atoms with E-state index in [1.54, 1.807) is 0 Å². The molecule has 6 heteroatoms. The smallest absolute Gasteiger partial charge is 0.294 e. The van der Waals surface area contributed by atoms with Gasteiger partial charge in [-0.2, -0.15) is 13.2 Å². The molecule has 0 saturated heterocycles. The van der Waals surface area contributed by atoms with E-state index >= 15 is 0 Å². The summed E-state index contributed by atoms with van der Waals surface area (Å²) in [5.41, 5.74) is 4.31. The number of hydrogen-bond donors (Lipinski definition) is 0. The Morgan fingerprint density at radius 3 is 2.53 bits per heavy atom. The molecule has 0 fully saturated rings. The van der Waals surface area contributed by atoms with Crippen LogP contribution in [0.2, 0.25) is 0 Å². The van der Waals surface area contributed by atoms with Crippen LogP contribution in [0.25, 0.3) is 10.6 Å². The van der Waals surface area contributed by atoms with Gasteiger partial charge in [-0.05, 0) is 60.4 Å². The standard InChI is InChI=1S/C26H26F3NOS/c1-15(2)24-23(32-25(30-24)18-8-10-20(11-9-18)26(27,28)29)13-12-22(31)19-7-6-17-5-4-16(3)21(17)14-19/h6-11,14-16H,4-5,12-13H2,1-3H3. The molecule has 168 valence electrons. The van der Waals surface area contributed by atoms with Gasteiger partial charge >= 0.3 is 6.18 Å². The Kier molecular flexibility index (Phi) is 6.26. The van der Waals surface area contributed by atoms with Gasteiger partial charge in [0.2, 0.25) is 0 Å². The Labute approximate surface area is 190 Å². The third kappa shape index (κ3) is 4.65. The van der Waals surface area contributed by atoms with Crippen LogP contribution in [-0.4, -0.2) is 10.8 Å². The van der Waals surface area contributed by atoms with Crippen LogP contribution >= 0.6 is 11.3 Å². The van der Waals surface area contributed by atoms with Crippen LogP contribution in [0.3, 0.4) is 0 Å². The third-order valence-corrected chi connectivity index (χ3v) is 7.34. The number of benzene rings is 2. The molecular formula is C26H26F3NOS. The minimum atomic E-state index is -4.36. The predicted octanol–water partition coefficient (Wildman–Crippen LogP) is 7.82. The van der Waals surface area contributed by atoms with E-state index in [0.717, 1.165) is 41.1 Å². The van der Waals surface area contributed by atoms with Crippen LogP contribution in [0, 0.1) is 0 Å². The number of alkyl halides is 3. The number of fused-ring (bicyclic) bond motifs is 1. The molecule has 0 aliphatic heterocycles. The Morgan fingerprint density at radius 1 is 1.16 bits per heavy atom. The predicted molar refractivity (Wildman–Crippen MR) is 122 cm³/mol. The Morgan fingerprint density at radius 2 is 1.88 bits per heavy atom. The molecule has 1 aliphatic rings. The van der Waals surface area contributed by atoms with Crippen LogP contribution in [0.15, 0.2) is 42.5 Å². The lowest BCUT2D eigenvalue weighted by Gasteiger charge is -2.08. The highest BCUT2D eigenvalue weighted by Crippen LogP contribution is 2.36. The van der Waals surface area contributed by atoms with Gasteiger partial charge in [0, 0.05) is 22.4 Å². The summed E-state index contributed by atoms with van der Waals surface area (Å²) in [5.74, 6) is 0.782. The molecule has 1 aromatic heterocycles. The summed E-state index contributed by atoms with van der Waals surface area (Å²) >= 11 is 1.47. The summed E-state index contributed by atoms with van der Waals surface area (Å²) in [4.78, 5) is 18.6. The molecule has 3 aromatic rings. The number of carbonyl (C=O) groups is 1. The highest BCUT2D eigenvalue weighted by molar-refractivity contribution is 7.15. The molecule has 32 heavy (non-hydrogen) atoms. The van der Waals surface area contributed by atoms with Crippen LogP contribution in [0.5, 0.6) is 0 Å². The number of hydrogen-bond acceptors (Lipinski definition) is 3. The van der Waals surface area contributed by atoms with Crippen molar-refractivity contribution in [3.8, 4) is 10.6 Å². The zero-order valence-electron chi connectivity index (χ0n) is 18.4. The Bertz CT molecular complexity index is 1130. The van der Waals surface area contributed by atoms with Gasteiger partial charge in [0.1, 0.15) is 5.01 Å². The molecule has 0 saturated carbocycles. The number of thiazole rings is 1. The third-order valence-electron chi connectivity index (χ3n) is 6.16. The zero-order valence-corrected chi connectivity index (χ0v) is 19.2. The molecule has 2 nitrogen and oxygen atoms in total. The first-order valence-corrected chi connectivity index (χ1v) is 11.8. The number of carbonyl (C=O) groups excluding carboxylic acids is 1. The lowest BCUT2D eigenvalue weighted by Crippen LogP contribution is -2.04. The molecule has 2 aromatic carbocycles. The lowest BCUT2D eigenvalue weighted by molar-refractivity contribution is -0.137. The van der Waals surface area contributed by atoms with Crippen molar-refractivity contribution in [2.75, 3.05) is 0 Å². The minimum absolute atomic E-state index is 0.117. The van der Waals surface area contributed by atoms with Crippen molar-refractivity contribution in [3.05, 3.63) is 75.3 Å². The molecule has 1 aliphatic carbocycles. The summed E-state index contributed by atoms with van der Waals surface area (Å²) in [6, 6.07) is 11.2. The monoisotopic (exact) mass is 457 g/mol. The molecule has 1 atom stereocenters. The van der Waals surface area contributed by atoms with Gasteiger partial charge in [-0.3, -0.25) is 4.79 Å². The average molecular weight is 458 g/mol. The van der Waals surface area contributed by atoms with E-state index in [1.807, 2.05) is 19.9 Å². The molecule has 0 bridgehead atoms.